The third-order valence-electron chi connectivity index (χ3n) is 7.30. The summed E-state index contributed by atoms with van der Waals surface area (Å²) in [5, 5.41) is 40.8. The van der Waals surface area contributed by atoms with E-state index in [2.05, 4.69) is 31.8 Å². The van der Waals surface area contributed by atoms with Gasteiger partial charge in [0.25, 0.3) is 5.91 Å². The van der Waals surface area contributed by atoms with Crippen LogP contribution < -0.4 is 10.6 Å². The van der Waals surface area contributed by atoms with Crippen LogP contribution >= 0.6 is 0 Å². The molecule has 1 atom stereocenters. The second kappa shape index (κ2) is 8.50. The number of aromatic nitrogens is 4. The van der Waals surface area contributed by atoms with Gasteiger partial charge in [0.05, 0.1) is 40.8 Å². The molecule has 2 fully saturated rings. The molecule has 10 nitrogen and oxygen atoms in total. The van der Waals surface area contributed by atoms with Gasteiger partial charge in [0.2, 0.25) is 0 Å². The number of aliphatic hydroxyl groups is 2. The lowest BCUT2D eigenvalue weighted by Gasteiger charge is -2.30. The molecule has 3 aromatic rings. The average molecular weight is 494 g/mol. The molecular formula is C25H28FN7O3. The Bertz CT molecular complexity index is 1370. The first-order chi connectivity index (χ1) is 17.0. The summed E-state index contributed by atoms with van der Waals surface area (Å²) >= 11 is 0. The van der Waals surface area contributed by atoms with E-state index >= 15 is 0 Å². The number of halogens is 1. The number of rotatable bonds is 7. The van der Waals surface area contributed by atoms with E-state index in [0.29, 0.717) is 47.4 Å². The van der Waals surface area contributed by atoms with Crippen LogP contribution in [0.5, 0.6) is 0 Å². The highest BCUT2D eigenvalue weighted by Crippen LogP contribution is 2.52. The molecule has 11 heteroatoms. The molecule has 2 saturated carbocycles. The summed E-state index contributed by atoms with van der Waals surface area (Å²) in [5.41, 5.74) is -1.02. The zero-order valence-corrected chi connectivity index (χ0v) is 20.1. The molecule has 36 heavy (non-hydrogen) atoms. The highest BCUT2D eigenvalue weighted by atomic mass is 19.1. The van der Waals surface area contributed by atoms with Crippen molar-refractivity contribution in [1.82, 2.24) is 25.1 Å². The highest BCUT2D eigenvalue weighted by Gasteiger charge is 2.53. The van der Waals surface area contributed by atoms with Crippen molar-refractivity contribution in [3.8, 4) is 11.9 Å². The van der Waals surface area contributed by atoms with Crippen molar-refractivity contribution in [2.24, 2.45) is 0 Å². The predicted molar refractivity (Wildman–Crippen MR) is 129 cm³/mol. The van der Waals surface area contributed by atoms with Crippen LogP contribution in [0, 0.1) is 11.3 Å². The summed E-state index contributed by atoms with van der Waals surface area (Å²) in [6.07, 6.45) is 6.25. The predicted octanol–water partition coefficient (Wildman–Crippen LogP) is 2.39. The summed E-state index contributed by atoms with van der Waals surface area (Å²) in [6, 6.07) is 5.42. The van der Waals surface area contributed by atoms with Crippen molar-refractivity contribution >= 4 is 22.6 Å². The molecule has 0 saturated heterocycles. The van der Waals surface area contributed by atoms with E-state index < -0.39 is 23.3 Å². The lowest BCUT2D eigenvalue weighted by Crippen LogP contribution is -2.42. The highest BCUT2D eigenvalue weighted by molar-refractivity contribution is 5.99. The molecule has 5 rings (SSSR count). The van der Waals surface area contributed by atoms with Crippen molar-refractivity contribution in [1.29, 1.82) is 5.26 Å². The molecule has 0 aliphatic heterocycles. The number of carbonyl (C=O) groups excluding carboxylic acids is 1. The van der Waals surface area contributed by atoms with E-state index in [0.717, 1.165) is 12.8 Å². The number of nitrogens with one attached hydrogen (secondary N) is 2. The minimum atomic E-state index is -1.65. The molecule has 0 spiro atoms. The van der Waals surface area contributed by atoms with Crippen LogP contribution in [-0.2, 0) is 0 Å². The van der Waals surface area contributed by atoms with E-state index in [4.69, 9.17) is 5.26 Å². The second-order valence-electron chi connectivity index (χ2n) is 10.5. The first-order valence-corrected chi connectivity index (χ1v) is 11.9. The van der Waals surface area contributed by atoms with E-state index in [1.165, 1.54) is 30.9 Å². The summed E-state index contributed by atoms with van der Waals surface area (Å²) in [6.45, 7) is 2.33. The minimum Gasteiger partial charge on any atom is -0.390 e. The van der Waals surface area contributed by atoms with Gasteiger partial charge in [-0.1, -0.05) is 0 Å². The Morgan fingerprint density at radius 1 is 1.25 bits per heavy atom. The Hall–Kier alpha value is -3.62. The number of pyridine rings is 2. The number of hydrogen-bond donors (Lipinski definition) is 4. The third-order valence-corrected chi connectivity index (χ3v) is 7.30. The van der Waals surface area contributed by atoms with Gasteiger partial charge in [-0.25, -0.2) is 14.4 Å². The van der Waals surface area contributed by atoms with E-state index in [1.807, 2.05) is 0 Å². The molecule has 1 unspecified atom stereocenters. The number of alkyl halides is 1. The molecule has 3 heterocycles. The number of anilines is 1. The zero-order valence-electron chi connectivity index (χ0n) is 20.1. The summed E-state index contributed by atoms with van der Waals surface area (Å²) < 4.78 is 15.8. The molecule has 188 valence electrons. The lowest BCUT2D eigenvalue weighted by molar-refractivity contribution is -0.00178. The van der Waals surface area contributed by atoms with Crippen LogP contribution in [-0.4, -0.2) is 65.3 Å². The van der Waals surface area contributed by atoms with Gasteiger partial charge in [-0.3, -0.25) is 4.79 Å². The van der Waals surface area contributed by atoms with Crippen molar-refractivity contribution in [2.45, 2.75) is 68.9 Å². The van der Waals surface area contributed by atoms with Crippen molar-refractivity contribution in [3.05, 3.63) is 41.9 Å². The van der Waals surface area contributed by atoms with E-state index in [1.54, 1.807) is 18.3 Å². The fraction of sp³-hybridized carbons (Fsp3) is 0.480. The Morgan fingerprint density at radius 2 is 2.00 bits per heavy atom. The molecule has 4 N–H and O–H groups in total. The molecule has 1 amide bonds. The lowest BCUT2D eigenvalue weighted by atomic mass is 9.92. The molecule has 2 aliphatic rings. The van der Waals surface area contributed by atoms with Gasteiger partial charge in [0.15, 0.2) is 11.5 Å². The summed E-state index contributed by atoms with van der Waals surface area (Å²) in [7, 11) is 0. The Labute approximate surface area is 207 Å². The third kappa shape index (κ3) is 4.38. The van der Waals surface area contributed by atoms with Gasteiger partial charge >= 0.3 is 0 Å². The number of nitriles is 1. The van der Waals surface area contributed by atoms with Gasteiger partial charge in [-0.2, -0.15) is 15.0 Å². The quantitative estimate of drug-likeness (QED) is 0.392. The SMILES string of the molecule is CC(C)(O)C(F)CNC(=O)c1cnc(-n2ncc3cc(C#N)cnc32)cc1NC12CCC(O)(CC1)C2. The normalized spacial score (nSPS) is 24.0. The monoisotopic (exact) mass is 493 g/mol. The topological polar surface area (TPSA) is 149 Å². The number of fused-ring (bicyclic) bond motifs is 3. The first-order valence-electron chi connectivity index (χ1n) is 11.9. The Balaban J connectivity index is 1.50. The second-order valence-corrected chi connectivity index (χ2v) is 10.5. The van der Waals surface area contributed by atoms with Gasteiger partial charge in [0.1, 0.15) is 12.2 Å². The summed E-state index contributed by atoms with van der Waals surface area (Å²) in [5.74, 6) is -0.128. The van der Waals surface area contributed by atoms with Crippen LogP contribution in [0.25, 0.3) is 16.9 Å². The standard InChI is InChI=1S/C25H28FN7O3/c1-23(2,35)19(26)13-30-22(34)17-12-28-20(33-21-16(11-31-33)7-15(9-27)10-29-21)8-18(17)32-24-3-5-25(36,14-24)6-4-24/h7-8,10-12,19,35-36H,3-6,13-14H2,1-2H3,(H,28,32)(H,30,34). The fourth-order valence-corrected chi connectivity index (χ4v) is 5.15. The smallest absolute Gasteiger partial charge is 0.255 e. The van der Waals surface area contributed by atoms with Crippen molar-refractivity contribution < 1.29 is 19.4 Å². The van der Waals surface area contributed by atoms with Gasteiger partial charge in [-0.05, 0) is 52.0 Å². The zero-order chi connectivity index (χ0) is 25.7. The first kappa shape index (κ1) is 24.1. The van der Waals surface area contributed by atoms with E-state index in [-0.39, 0.29) is 17.6 Å². The fourth-order valence-electron chi connectivity index (χ4n) is 5.15. The van der Waals surface area contributed by atoms with Crippen LogP contribution in [0.4, 0.5) is 10.1 Å². The average Bonchev–Trinajstić information content (AvgIpc) is 3.51. The van der Waals surface area contributed by atoms with E-state index in [9.17, 15) is 19.4 Å². The maximum atomic E-state index is 14.3. The number of hydrogen-bond acceptors (Lipinski definition) is 8. The minimum absolute atomic E-state index is 0.217. The van der Waals surface area contributed by atoms with Gasteiger partial charge in [-0.15, -0.1) is 0 Å². The van der Waals surface area contributed by atoms with Crippen LogP contribution in [0.3, 0.4) is 0 Å². The van der Waals surface area contributed by atoms with Crippen molar-refractivity contribution in [2.75, 3.05) is 11.9 Å². The number of nitrogens with zero attached hydrogens (tertiary/aromatic N) is 5. The molecule has 2 bridgehead atoms. The molecule has 0 aromatic carbocycles. The van der Waals surface area contributed by atoms with Gasteiger partial charge < -0.3 is 20.8 Å². The van der Waals surface area contributed by atoms with Crippen LogP contribution in [0.15, 0.2) is 30.7 Å². The molecule has 0 radical (unpaired) electrons. The Morgan fingerprint density at radius 3 is 2.64 bits per heavy atom. The Kier molecular flexibility index (Phi) is 5.69. The molecule has 2 aliphatic carbocycles. The molecule has 3 aromatic heterocycles. The number of amides is 1. The largest absolute Gasteiger partial charge is 0.390 e. The molecular weight excluding hydrogens is 465 g/mol. The maximum absolute atomic E-state index is 14.3. The number of carbonyl (C=O) groups is 1. The summed E-state index contributed by atoms with van der Waals surface area (Å²) in [4.78, 5) is 21.8. The van der Waals surface area contributed by atoms with Crippen LogP contribution in [0.2, 0.25) is 0 Å². The van der Waals surface area contributed by atoms with Crippen molar-refractivity contribution in [3.63, 3.8) is 0 Å². The van der Waals surface area contributed by atoms with Gasteiger partial charge in [0, 0.05) is 29.4 Å². The maximum Gasteiger partial charge on any atom is 0.255 e. The van der Waals surface area contributed by atoms with Crippen LogP contribution in [0.1, 0.15) is 61.9 Å².